The molecule has 2 aromatic carbocycles. The molecule has 0 unspecified atom stereocenters. The van der Waals surface area contributed by atoms with Gasteiger partial charge in [0.1, 0.15) is 17.9 Å². The van der Waals surface area contributed by atoms with Crippen LogP contribution in [0.4, 0.5) is 0 Å². The van der Waals surface area contributed by atoms with Gasteiger partial charge in [0.25, 0.3) is 0 Å². The number of rotatable bonds is 5. The van der Waals surface area contributed by atoms with Gasteiger partial charge >= 0.3 is 11.9 Å². The first kappa shape index (κ1) is 16.3. The van der Waals surface area contributed by atoms with Gasteiger partial charge in [-0.3, -0.25) is 0 Å². The van der Waals surface area contributed by atoms with Crippen LogP contribution in [0.15, 0.2) is 48.5 Å². The minimum absolute atomic E-state index is 0.269. The van der Waals surface area contributed by atoms with Crippen molar-refractivity contribution >= 4 is 23.5 Å². The van der Waals surface area contributed by atoms with Crippen LogP contribution >= 0.6 is 11.6 Å². The van der Waals surface area contributed by atoms with Crippen LogP contribution in [0.2, 0.25) is 5.02 Å². The van der Waals surface area contributed by atoms with E-state index in [1.165, 1.54) is 0 Å². The van der Waals surface area contributed by atoms with Gasteiger partial charge in [0.05, 0.1) is 6.61 Å². The van der Waals surface area contributed by atoms with E-state index in [1.54, 1.807) is 36.4 Å². The van der Waals surface area contributed by atoms with Gasteiger partial charge in [0.2, 0.25) is 6.10 Å². The topological polar surface area (TPSA) is 61.8 Å². The van der Waals surface area contributed by atoms with E-state index in [9.17, 15) is 9.59 Å². The predicted molar refractivity (Wildman–Crippen MR) is 87.0 cm³/mol. The largest absolute Gasteiger partial charge is 0.488 e. The molecule has 1 heterocycles. The Hall–Kier alpha value is -2.53. The number of cyclic esters (lactones) is 1. The normalized spacial score (nSPS) is 16.5. The maximum atomic E-state index is 12.3. The van der Waals surface area contributed by atoms with Crippen molar-refractivity contribution in [2.75, 3.05) is 6.61 Å². The first-order valence-corrected chi connectivity index (χ1v) is 7.85. The number of para-hydroxylation sites is 1. The SMILES string of the molecule is O=C(O[C@H]1CCOC1=O)c1ccccc1OCc1ccc(Cl)cc1. The Bertz CT molecular complexity index is 741. The summed E-state index contributed by atoms with van der Waals surface area (Å²) in [5, 5.41) is 0.645. The van der Waals surface area contributed by atoms with E-state index in [1.807, 2.05) is 12.1 Å². The van der Waals surface area contributed by atoms with E-state index in [4.69, 9.17) is 25.8 Å². The van der Waals surface area contributed by atoms with Gasteiger partial charge in [-0.05, 0) is 29.8 Å². The highest BCUT2D eigenvalue weighted by Gasteiger charge is 2.31. The van der Waals surface area contributed by atoms with Crippen molar-refractivity contribution in [2.24, 2.45) is 0 Å². The van der Waals surface area contributed by atoms with Crippen molar-refractivity contribution in [2.45, 2.75) is 19.1 Å². The zero-order valence-corrected chi connectivity index (χ0v) is 13.5. The monoisotopic (exact) mass is 346 g/mol. The Balaban J connectivity index is 1.69. The predicted octanol–water partition coefficient (Wildman–Crippen LogP) is 3.39. The second kappa shape index (κ2) is 7.36. The molecule has 5 nitrogen and oxygen atoms in total. The number of benzene rings is 2. The molecule has 0 amide bonds. The Morgan fingerprint density at radius 2 is 1.92 bits per heavy atom. The molecule has 0 spiro atoms. The summed E-state index contributed by atoms with van der Waals surface area (Å²) in [5.41, 5.74) is 1.19. The summed E-state index contributed by atoms with van der Waals surface area (Å²) in [6.07, 6.45) is -0.472. The van der Waals surface area contributed by atoms with Crippen molar-refractivity contribution in [3.63, 3.8) is 0 Å². The lowest BCUT2D eigenvalue weighted by atomic mass is 10.2. The molecule has 0 radical (unpaired) electrons. The summed E-state index contributed by atoms with van der Waals surface area (Å²) >= 11 is 5.85. The third-order valence-corrected chi connectivity index (χ3v) is 3.80. The fraction of sp³-hybridized carbons (Fsp3) is 0.222. The molecule has 0 aliphatic carbocycles. The quantitative estimate of drug-likeness (QED) is 0.776. The zero-order valence-electron chi connectivity index (χ0n) is 12.7. The van der Waals surface area contributed by atoms with Gasteiger partial charge in [-0.15, -0.1) is 0 Å². The first-order chi connectivity index (χ1) is 11.6. The molecule has 0 aromatic heterocycles. The second-order valence-electron chi connectivity index (χ2n) is 5.26. The Labute approximate surface area is 144 Å². The molecule has 124 valence electrons. The van der Waals surface area contributed by atoms with Crippen LogP contribution in [0.3, 0.4) is 0 Å². The minimum Gasteiger partial charge on any atom is -0.488 e. The molecule has 6 heteroatoms. The maximum Gasteiger partial charge on any atom is 0.347 e. The molecular weight excluding hydrogens is 332 g/mol. The van der Waals surface area contributed by atoms with E-state index in [2.05, 4.69) is 0 Å². The highest BCUT2D eigenvalue weighted by atomic mass is 35.5. The van der Waals surface area contributed by atoms with E-state index >= 15 is 0 Å². The molecule has 1 aliphatic rings. The Morgan fingerprint density at radius 1 is 1.17 bits per heavy atom. The molecule has 0 bridgehead atoms. The number of carbonyl (C=O) groups is 2. The van der Waals surface area contributed by atoms with Gasteiger partial charge in [-0.25, -0.2) is 9.59 Å². The van der Waals surface area contributed by atoms with E-state index < -0.39 is 18.0 Å². The average Bonchev–Trinajstić information content (AvgIpc) is 2.99. The Kier molecular flexibility index (Phi) is 5.01. The van der Waals surface area contributed by atoms with E-state index in [0.29, 0.717) is 17.2 Å². The number of hydrogen-bond donors (Lipinski definition) is 0. The molecule has 0 N–H and O–H groups in total. The first-order valence-electron chi connectivity index (χ1n) is 7.47. The molecular formula is C18H15ClO5. The third-order valence-electron chi connectivity index (χ3n) is 3.55. The van der Waals surface area contributed by atoms with Crippen LogP contribution < -0.4 is 4.74 Å². The summed E-state index contributed by atoms with van der Waals surface area (Å²) in [7, 11) is 0. The van der Waals surface area contributed by atoms with Crippen LogP contribution in [0, 0.1) is 0 Å². The van der Waals surface area contributed by atoms with Gasteiger partial charge in [-0.1, -0.05) is 35.9 Å². The van der Waals surface area contributed by atoms with Crippen molar-refractivity contribution < 1.29 is 23.8 Å². The number of halogens is 1. The van der Waals surface area contributed by atoms with Gasteiger partial charge < -0.3 is 14.2 Å². The summed E-state index contributed by atoms with van der Waals surface area (Å²) in [6.45, 7) is 0.554. The standard InChI is InChI=1S/C18H15ClO5/c19-13-7-5-12(6-8-13)11-23-15-4-2-1-3-14(15)17(20)24-16-9-10-22-18(16)21/h1-8,16H,9-11H2/t16-/m0/s1. The lowest BCUT2D eigenvalue weighted by Crippen LogP contribution is -2.23. The summed E-state index contributed by atoms with van der Waals surface area (Å²) in [6, 6.07) is 14.0. The van der Waals surface area contributed by atoms with Crippen LogP contribution in [0.1, 0.15) is 22.3 Å². The fourth-order valence-electron chi connectivity index (χ4n) is 2.28. The van der Waals surface area contributed by atoms with Crippen molar-refractivity contribution in [1.29, 1.82) is 0 Å². The van der Waals surface area contributed by atoms with Crippen LogP contribution in [-0.2, 0) is 20.9 Å². The highest BCUT2D eigenvalue weighted by molar-refractivity contribution is 6.30. The lowest BCUT2D eigenvalue weighted by Gasteiger charge is -2.13. The van der Waals surface area contributed by atoms with Crippen LogP contribution in [0.5, 0.6) is 5.75 Å². The highest BCUT2D eigenvalue weighted by Crippen LogP contribution is 2.22. The molecule has 24 heavy (non-hydrogen) atoms. The second-order valence-corrected chi connectivity index (χ2v) is 5.70. The summed E-state index contributed by atoms with van der Waals surface area (Å²) < 4.78 is 15.7. The minimum atomic E-state index is -0.846. The van der Waals surface area contributed by atoms with Gasteiger partial charge in [-0.2, -0.15) is 0 Å². The zero-order chi connectivity index (χ0) is 16.9. The van der Waals surface area contributed by atoms with Gasteiger partial charge in [0, 0.05) is 11.4 Å². The smallest absolute Gasteiger partial charge is 0.347 e. The maximum absolute atomic E-state index is 12.3. The number of esters is 2. The van der Waals surface area contributed by atoms with Crippen molar-refractivity contribution in [3.05, 3.63) is 64.7 Å². The molecule has 1 saturated heterocycles. The molecule has 1 fully saturated rings. The number of hydrogen-bond acceptors (Lipinski definition) is 5. The molecule has 0 saturated carbocycles. The lowest BCUT2D eigenvalue weighted by molar-refractivity contribution is -0.145. The van der Waals surface area contributed by atoms with E-state index in [-0.39, 0.29) is 18.8 Å². The molecule has 2 aromatic rings. The third kappa shape index (κ3) is 3.86. The van der Waals surface area contributed by atoms with Crippen molar-refractivity contribution in [3.8, 4) is 5.75 Å². The summed E-state index contributed by atoms with van der Waals surface area (Å²) in [5.74, 6) is -0.725. The average molecular weight is 347 g/mol. The van der Waals surface area contributed by atoms with Gasteiger partial charge in [0.15, 0.2) is 0 Å². The Morgan fingerprint density at radius 3 is 2.62 bits per heavy atom. The van der Waals surface area contributed by atoms with Crippen LogP contribution in [-0.4, -0.2) is 24.6 Å². The fourth-order valence-corrected chi connectivity index (χ4v) is 2.41. The summed E-state index contributed by atoms with van der Waals surface area (Å²) in [4.78, 5) is 23.7. The molecule has 3 rings (SSSR count). The number of carbonyl (C=O) groups excluding carboxylic acids is 2. The molecule has 1 atom stereocenters. The molecule has 1 aliphatic heterocycles. The van der Waals surface area contributed by atoms with Crippen LogP contribution in [0.25, 0.3) is 0 Å². The van der Waals surface area contributed by atoms with Crippen molar-refractivity contribution in [1.82, 2.24) is 0 Å². The van der Waals surface area contributed by atoms with E-state index in [0.717, 1.165) is 5.56 Å². The number of ether oxygens (including phenoxy) is 3.